The lowest BCUT2D eigenvalue weighted by molar-refractivity contribution is 0.102. The number of carbonyl (C=O) groups is 1. The van der Waals surface area contributed by atoms with Crippen molar-refractivity contribution in [1.29, 1.82) is 0 Å². The second-order valence-corrected chi connectivity index (χ2v) is 4.45. The number of rotatable bonds is 3. The van der Waals surface area contributed by atoms with E-state index in [1.54, 1.807) is 18.2 Å². The molecule has 0 heterocycles. The Kier molecular flexibility index (Phi) is 4.27. The van der Waals surface area contributed by atoms with Gasteiger partial charge in [0, 0.05) is 11.0 Å². The zero-order valence-electron chi connectivity index (χ0n) is 9.79. The average Bonchev–Trinajstić information content (AvgIpc) is 2.42. The molecule has 1 N–H and O–H groups in total. The van der Waals surface area contributed by atoms with Crippen molar-refractivity contribution in [1.82, 2.24) is 0 Å². The first-order valence-electron chi connectivity index (χ1n) is 5.52. The topological polar surface area (TPSA) is 29.1 Å². The Morgan fingerprint density at radius 3 is 2.63 bits per heavy atom. The van der Waals surface area contributed by atoms with E-state index in [-0.39, 0.29) is 5.56 Å². The number of benzene rings is 2. The van der Waals surface area contributed by atoms with Crippen LogP contribution in [0.15, 0.2) is 42.5 Å². The van der Waals surface area contributed by atoms with Crippen molar-refractivity contribution < 1.29 is 13.6 Å². The number of halogens is 3. The summed E-state index contributed by atoms with van der Waals surface area (Å²) in [6.45, 7) is 0. The van der Waals surface area contributed by atoms with Gasteiger partial charge >= 0.3 is 0 Å². The van der Waals surface area contributed by atoms with Crippen LogP contribution in [0.2, 0.25) is 0 Å². The molecule has 0 saturated carbocycles. The predicted molar refractivity (Wildman–Crippen MR) is 73.4 cm³/mol. The molecule has 0 bridgehead atoms. The molecule has 0 spiro atoms. The van der Waals surface area contributed by atoms with Crippen molar-refractivity contribution in [2.45, 2.75) is 5.33 Å². The molecule has 0 aliphatic heterocycles. The zero-order valence-corrected chi connectivity index (χ0v) is 11.4. The van der Waals surface area contributed by atoms with Crippen LogP contribution < -0.4 is 5.32 Å². The highest BCUT2D eigenvalue weighted by molar-refractivity contribution is 9.08. The van der Waals surface area contributed by atoms with E-state index in [9.17, 15) is 13.6 Å². The highest BCUT2D eigenvalue weighted by Gasteiger charge is 2.15. The lowest BCUT2D eigenvalue weighted by Crippen LogP contribution is -2.14. The van der Waals surface area contributed by atoms with E-state index >= 15 is 0 Å². The van der Waals surface area contributed by atoms with Gasteiger partial charge in [0.15, 0.2) is 11.6 Å². The van der Waals surface area contributed by atoms with E-state index < -0.39 is 17.5 Å². The molecule has 19 heavy (non-hydrogen) atoms. The molecule has 2 nitrogen and oxygen atoms in total. The average molecular weight is 326 g/mol. The predicted octanol–water partition coefficient (Wildman–Crippen LogP) is 4.11. The molecular formula is C14H10BrF2NO. The molecule has 1 amide bonds. The summed E-state index contributed by atoms with van der Waals surface area (Å²) in [7, 11) is 0. The van der Waals surface area contributed by atoms with Gasteiger partial charge in [-0.05, 0) is 29.8 Å². The molecule has 5 heteroatoms. The highest BCUT2D eigenvalue weighted by atomic mass is 79.9. The number of hydrogen-bond donors (Lipinski definition) is 1. The fraction of sp³-hybridized carbons (Fsp3) is 0.0714. The van der Waals surface area contributed by atoms with Crippen LogP contribution in [0, 0.1) is 11.6 Å². The van der Waals surface area contributed by atoms with Crippen molar-refractivity contribution in [2.24, 2.45) is 0 Å². The molecule has 98 valence electrons. The summed E-state index contributed by atoms with van der Waals surface area (Å²) < 4.78 is 26.5. The minimum atomic E-state index is -1.14. The van der Waals surface area contributed by atoms with Crippen LogP contribution >= 0.6 is 15.9 Å². The van der Waals surface area contributed by atoms with Crippen molar-refractivity contribution in [3.05, 3.63) is 65.2 Å². The van der Waals surface area contributed by atoms with Gasteiger partial charge < -0.3 is 5.32 Å². The van der Waals surface area contributed by atoms with Gasteiger partial charge in [-0.1, -0.05) is 34.1 Å². The maximum atomic E-state index is 13.5. The largest absolute Gasteiger partial charge is 0.322 e. The smallest absolute Gasteiger partial charge is 0.258 e. The van der Waals surface area contributed by atoms with Crippen LogP contribution in [0.25, 0.3) is 0 Å². The van der Waals surface area contributed by atoms with Crippen LogP contribution in [-0.2, 0) is 5.33 Å². The molecule has 2 aromatic carbocycles. The third-order valence-corrected chi connectivity index (χ3v) is 3.18. The van der Waals surface area contributed by atoms with E-state index in [1.807, 2.05) is 6.07 Å². The number of anilines is 1. The van der Waals surface area contributed by atoms with Gasteiger partial charge in [0.25, 0.3) is 5.91 Å². The van der Waals surface area contributed by atoms with Crippen LogP contribution in [0.3, 0.4) is 0 Å². The Bertz CT molecular complexity index is 616. The minimum Gasteiger partial charge on any atom is -0.322 e. The van der Waals surface area contributed by atoms with Gasteiger partial charge in [0.05, 0.1) is 5.56 Å². The number of hydrogen-bond acceptors (Lipinski definition) is 1. The fourth-order valence-electron chi connectivity index (χ4n) is 1.61. The minimum absolute atomic E-state index is 0.316. The lowest BCUT2D eigenvalue weighted by Gasteiger charge is -2.07. The second kappa shape index (κ2) is 5.93. The molecule has 0 saturated heterocycles. The Labute approximate surface area is 117 Å². The van der Waals surface area contributed by atoms with E-state index in [0.29, 0.717) is 11.0 Å². The second-order valence-electron chi connectivity index (χ2n) is 3.89. The van der Waals surface area contributed by atoms with Crippen molar-refractivity contribution >= 4 is 27.5 Å². The molecule has 0 aromatic heterocycles. The highest BCUT2D eigenvalue weighted by Crippen LogP contribution is 2.16. The fourth-order valence-corrected chi connectivity index (χ4v) is 1.96. The molecule has 0 aliphatic rings. The quantitative estimate of drug-likeness (QED) is 0.845. The molecule has 0 fully saturated rings. The number of carbonyl (C=O) groups excluding carboxylic acids is 1. The summed E-state index contributed by atoms with van der Waals surface area (Å²) in [5.74, 6) is -2.86. The summed E-state index contributed by atoms with van der Waals surface area (Å²) in [6.07, 6.45) is 0. The molecular weight excluding hydrogens is 316 g/mol. The van der Waals surface area contributed by atoms with Gasteiger partial charge in [0.2, 0.25) is 0 Å². The Morgan fingerprint density at radius 1 is 1.16 bits per heavy atom. The van der Waals surface area contributed by atoms with Gasteiger partial charge in [-0.3, -0.25) is 4.79 Å². The first-order chi connectivity index (χ1) is 9.11. The van der Waals surface area contributed by atoms with Gasteiger partial charge in [0.1, 0.15) is 0 Å². The third-order valence-electron chi connectivity index (χ3n) is 2.54. The summed E-state index contributed by atoms with van der Waals surface area (Å²) >= 11 is 3.30. The Balaban J connectivity index is 2.23. The van der Waals surface area contributed by atoms with Gasteiger partial charge in [-0.25, -0.2) is 8.78 Å². The van der Waals surface area contributed by atoms with Crippen LogP contribution in [-0.4, -0.2) is 5.91 Å². The molecule has 2 aromatic rings. The van der Waals surface area contributed by atoms with Gasteiger partial charge in [-0.2, -0.15) is 0 Å². The third kappa shape index (κ3) is 3.17. The van der Waals surface area contributed by atoms with E-state index in [0.717, 1.165) is 11.6 Å². The summed E-state index contributed by atoms with van der Waals surface area (Å²) in [6, 6.07) is 10.6. The monoisotopic (exact) mass is 325 g/mol. The van der Waals surface area contributed by atoms with E-state index in [2.05, 4.69) is 21.2 Å². The Morgan fingerprint density at radius 2 is 1.89 bits per heavy atom. The van der Waals surface area contributed by atoms with Crippen LogP contribution in [0.4, 0.5) is 14.5 Å². The summed E-state index contributed by atoms with van der Waals surface area (Å²) in [5, 5.41) is 3.18. The van der Waals surface area contributed by atoms with Crippen molar-refractivity contribution in [3.63, 3.8) is 0 Å². The maximum absolute atomic E-state index is 13.5. The normalized spacial score (nSPS) is 10.3. The number of nitrogens with one attached hydrogen (secondary N) is 1. The standard InChI is InChI=1S/C14H10BrF2NO/c15-8-9-3-1-4-10(7-9)18-14(19)11-5-2-6-12(16)13(11)17/h1-7H,8H2,(H,18,19). The number of alkyl halides is 1. The van der Waals surface area contributed by atoms with E-state index in [4.69, 9.17) is 0 Å². The SMILES string of the molecule is O=C(Nc1cccc(CBr)c1)c1cccc(F)c1F. The zero-order chi connectivity index (χ0) is 13.8. The summed E-state index contributed by atoms with van der Waals surface area (Å²) in [4.78, 5) is 11.9. The number of amides is 1. The lowest BCUT2D eigenvalue weighted by atomic mass is 10.1. The molecule has 0 atom stereocenters. The maximum Gasteiger partial charge on any atom is 0.258 e. The Hall–Kier alpha value is -1.75. The molecule has 2 rings (SSSR count). The first-order valence-corrected chi connectivity index (χ1v) is 6.64. The summed E-state index contributed by atoms with van der Waals surface area (Å²) in [5.41, 5.74) is 1.19. The molecule has 0 aliphatic carbocycles. The van der Waals surface area contributed by atoms with Gasteiger partial charge in [-0.15, -0.1) is 0 Å². The molecule has 0 radical (unpaired) electrons. The van der Waals surface area contributed by atoms with E-state index in [1.165, 1.54) is 12.1 Å². The first kappa shape index (κ1) is 13.7. The van der Waals surface area contributed by atoms with Crippen molar-refractivity contribution in [3.8, 4) is 0 Å². The van der Waals surface area contributed by atoms with Crippen molar-refractivity contribution in [2.75, 3.05) is 5.32 Å². The van der Waals surface area contributed by atoms with Crippen LogP contribution in [0.5, 0.6) is 0 Å². The van der Waals surface area contributed by atoms with Crippen LogP contribution in [0.1, 0.15) is 15.9 Å². The molecule has 0 unspecified atom stereocenters.